The highest BCUT2D eigenvalue weighted by Gasteiger charge is 2.40. The molecule has 4 heteroatoms. The van der Waals surface area contributed by atoms with Crippen LogP contribution in [0.25, 0.3) is 0 Å². The molecule has 3 rings (SSSR count). The normalized spacial score (nSPS) is 20.6. The molecule has 0 amide bonds. The minimum absolute atomic E-state index is 0.0930. The third-order valence-corrected chi connectivity index (χ3v) is 3.36. The fraction of sp³-hybridized carbons (Fsp3) is 0.500. The number of ether oxygens (including phenoxy) is 3. The van der Waals surface area contributed by atoms with Crippen LogP contribution in [0.5, 0.6) is 11.5 Å². The van der Waals surface area contributed by atoms with Crippen molar-refractivity contribution in [1.29, 1.82) is 0 Å². The summed E-state index contributed by atoms with van der Waals surface area (Å²) in [6, 6.07) is 6.11. The van der Waals surface area contributed by atoms with Gasteiger partial charge in [-0.3, -0.25) is 0 Å². The van der Waals surface area contributed by atoms with Crippen LogP contribution in [-0.4, -0.2) is 26.6 Å². The van der Waals surface area contributed by atoms with Crippen LogP contribution in [0.2, 0.25) is 0 Å². The Morgan fingerprint density at radius 1 is 1.19 bits per heavy atom. The van der Waals surface area contributed by atoms with E-state index in [1.54, 1.807) is 0 Å². The van der Waals surface area contributed by atoms with Crippen molar-refractivity contribution in [2.24, 2.45) is 5.73 Å². The Morgan fingerprint density at radius 2 is 2.00 bits per heavy atom. The molecule has 0 bridgehead atoms. The molecule has 0 aromatic heterocycles. The third kappa shape index (κ3) is 1.37. The molecule has 4 nitrogen and oxygen atoms in total. The molecular weight excluding hydrogens is 206 g/mol. The number of nitrogens with two attached hydrogens (primary N) is 1. The fourth-order valence-corrected chi connectivity index (χ4v) is 2.31. The van der Waals surface area contributed by atoms with Gasteiger partial charge in [-0.15, -0.1) is 0 Å². The van der Waals surface area contributed by atoms with Gasteiger partial charge in [-0.2, -0.15) is 0 Å². The molecule has 0 atom stereocenters. The van der Waals surface area contributed by atoms with E-state index in [2.05, 4.69) is 12.1 Å². The van der Waals surface area contributed by atoms with Gasteiger partial charge in [0, 0.05) is 5.41 Å². The summed E-state index contributed by atoms with van der Waals surface area (Å²) in [5.74, 6) is 1.66. The molecule has 16 heavy (non-hydrogen) atoms. The lowest BCUT2D eigenvalue weighted by Crippen LogP contribution is -2.48. The van der Waals surface area contributed by atoms with E-state index in [0.717, 1.165) is 31.1 Å². The van der Waals surface area contributed by atoms with E-state index in [1.807, 2.05) is 6.07 Å². The fourth-order valence-electron chi connectivity index (χ4n) is 2.31. The van der Waals surface area contributed by atoms with Crippen molar-refractivity contribution in [2.75, 3.05) is 26.6 Å². The first-order chi connectivity index (χ1) is 7.84. The minimum atomic E-state index is 0.0930. The zero-order valence-electron chi connectivity index (χ0n) is 9.07. The van der Waals surface area contributed by atoms with Crippen molar-refractivity contribution in [3.63, 3.8) is 0 Å². The smallest absolute Gasteiger partial charge is 0.231 e. The standard InChI is InChI=1S/C12H15NO3/c13-4-3-12(6-14-7-12)9-1-2-10-11(5-9)16-8-15-10/h1-2,5H,3-4,6-8,13H2. The molecule has 1 fully saturated rings. The van der Waals surface area contributed by atoms with E-state index in [9.17, 15) is 0 Å². The van der Waals surface area contributed by atoms with Crippen LogP contribution in [0.4, 0.5) is 0 Å². The van der Waals surface area contributed by atoms with Gasteiger partial charge in [-0.25, -0.2) is 0 Å². The lowest BCUT2D eigenvalue weighted by atomic mass is 9.76. The number of benzene rings is 1. The Kier molecular flexibility index (Phi) is 2.26. The van der Waals surface area contributed by atoms with Gasteiger partial charge in [-0.05, 0) is 30.7 Å². The first-order valence-corrected chi connectivity index (χ1v) is 5.52. The molecule has 1 aromatic rings. The van der Waals surface area contributed by atoms with E-state index in [-0.39, 0.29) is 5.41 Å². The van der Waals surface area contributed by atoms with Crippen LogP contribution in [-0.2, 0) is 10.2 Å². The van der Waals surface area contributed by atoms with Crippen molar-refractivity contribution >= 4 is 0 Å². The van der Waals surface area contributed by atoms with Gasteiger partial charge in [0.05, 0.1) is 13.2 Å². The summed E-state index contributed by atoms with van der Waals surface area (Å²) >= 11 is 0. The zero-order valence-corrected chi connectivity index (χ0v) is 9.07. The number of fused-ring (bicyclic) bond motifs is 1. The maximum Gasteiger partial charge on any atom is 0.231 e. The van der Waals surface area contributed by atoms with Crippen molar-refractivity contribution in [3.05, 3.63) is 23.8 Å². The largest absolute Gasteiger partial charge is 0.454 e. The molecule has 0 aliphatic carbocycles. The Morgan fingerprint density at radius 3 is 2.69 bits per heavy atom. The molecule has 2 aliphatic heterocycles. The molecule has 2 heterocycles. The molecule has 2 aliphatic rings. The zero-order chi connectivity index (χ0) is 11.0. The number of hydrogen-bond acceptors (Lipinski definition) is 4. The van der Waals surface area contributed by atoms with Gasteiger partial charge in [0.1, 0.15) is 0 Å². The Labute approximate surface area is 94.3 Å². The summed E-state index contributed by atoms with van der Waals surface area (Å²) in [5, 5.41) is 0. The molecule has 2 N–H and O–H groups in total. The van der Waals surface area contributed by atoms with E-state index in [1.165, 1.54) is 5.56 Å². The SMILES string of the molecule is NCCC1(c2ccc3c(c2)OCO3)COC1. The second-order valence-electron chi connectivity index (χ2n) is 4.38. The van der Waals surface area contributed by atoms with Crippen LogP contribution in [0.3, 0.4) is 0 Å². The molecule has 0 unspecified atom stereocenters. The van der Waals surface area contributed by atoms with Crippen molar-refractivity contribution in [3.8, 4) is 11.5 Å². The van der Waals surface area contributed by atoms with Gasteiger partial charge < -0.3 is 19.9 Å². The van der Waals surface area contributed by atoms with Crippen molar-refractivity contribution < 1.29 is 14.2 Å². The van der Waals surface area contributed by atoms with E-state index < -0.39 is 0 Å². The summed E-state index contributed by atoms with van der Waals surface area (Å²) in [5.41, 5.74) is 7.00. The summed E-state index contributed by atoms with van der Waals surface area (Å²) in [7, 11) is 0. The monoisotopic (exact) mass is 221 g/mol. The van der Waals surface area contributed by atoms with Crippen LogP contribution in [0.1, 0.15) is 12.0 Å². The van der Waals surface area contributed by atoms with Gasteiger partial charge in [0.15, 0.2) is 11.5 Å². The van der Waals surface area contributed by atoms with E-state index in [4.69, 9.17) is 19.9 Å². The predicted octanol–water partition coefficient (Wildman–Crippen LogP) is 1.03. The first kappa shape index (κ1) is 9.93. The summed E-state index contributed by atoms with van der Waals surface area (Å²) in [6.07, 6.45) is 0.951. The molecule has 1 aromatic carbocycles. The maximum absolute atomic E-state index is 5.66. The molecular formula is C12H15NO3. The first-order valence-electron chi connectivity index (χ1n) is 5.52. The maximum atomic E-state index is 5.66. The molecule has 1 saturated heterocycles. The predicted molar refractivity (Wildman–Crippen MR) is 58.7 cm³/mol. The lowest BCUT2D eigenvalue weighted by molar-refractivity contribution is -0.0631. The van der Waals surface area contributed by atoms with Gasteiger partial charge in [0.25, 0.3) is 0 Å². The lowest BCUT2D eigenvalue weighted by Gasteiger charge is -2.42. The highest BCUT2D eigenvalue weighted by molar-refractivity contribution is 5.47. The van der Waals surface area contributed by atoms with Crippen LogP contribution in [0.15, 0.2) is 18.2 Å². The highest BCUT2D eigenvalue weighted by Crippen LogP contribution is 2.41. The summed E-state index contributed by atoms with van der Waals surface area (Å²) in [6.45, 7) is 2.50. The van der Waals surface area contributed by atoms with E-state index in [0.29, 0.717) is 13.3 Å². The molecule has 0 radical (unpaired) electrons. The third-order valence-electron chi connectivity index (χ3n) is 3.36. The number of rotatable bonds is 3. The van der Waals surface area contributed by atoms with Crippen molar-refractivity contribution in [1.82, 2.24) is 0 Å². The molecule has 86 valence electrons. The molecule has 0 spiro atoms. The minimum Gasteiger partial charge on any atom is -0.454 e. The Hall–Kier alpha value is -1.26. The van der Waals surface area contributed by atoms with Gasteiger partial charge >= 0.3 is 0 Å². The summed E-state index contributed by atoms with van der Waals surface area (Å²) < 4.78 is 16.0. The van der Waals surface area contributed by atoms with Gasteiger partial charge in [-0.1, -0.05) is 6.07 Å². The average molecular weight is 221 g/mol. The quantitative estimate of drug-likeness (QED) is 0.828. The van der Waals surface area contributed by atoms with Crippen LogP contribution < -0.4 is 15.2 Å². The second-order valence-corrected chi connectivity index (χ2v) is 4.38. The summed E-state index contributed by atoms with van der Waals surface area (Å²) in [4.78, 5) is 0. The number of hydrogen-bond donors (Lipinski definition) is 1. The van der Waals surface area contributed by atoms with E-state index >= 15 is 0 Å². The van der Waals surface area contributed by atoms with Crippen LogP contribution >= 0.6 is 0 Å². The Balaban J connectivity index is 1.93. The highest BCUT2D eigenvalue weighted by atomic mass is 16.7. The van der Waals surface area contributed by atoms with Crippen molar-refractivity contribution in [2.45, 2.75) is 11.8 Å². The Bertz CT molecular complexity index is 401. The molecule has 0 saturated carbocycles. The second kappa shape index (κ2) is 3.64. The van der Waals surface area contributed by atoms with Crippen LogP contribution in [0, 0.1) is 0 Å². The topological polar surface area (TPSA) is 53.7 Å². The van der Waals surface area contributed by atoms with Gasteiger partial charge in [0.2, 0.25) is 6.79 Å². The average Bonchev–Trinajstić information content (AvgIpc) is 2.70.